The summed E-state index contributed by atoms with van der Waals surface area (Å²) in [6, 6.07) is 0. The Kier molecular flexibility index (Phi) is 14.7. The highest BCUT2D eigenvalue weighted by Gasteiger charge is 2.42. The number of hydrogen-bond acceptors (Lipinski definition) is 3. The van der Waals surface area contributed by atoms with Gasteiger partial charge in [0, 0.05) is 35.3 Å². The van der Waals surface area contributed by atoms with E-state index in [4.69, 9.17) is 0 Å². The Morgan fingerprint density at radius 3 is 0.742 bits per heavy atom. The van der Waals surface area contributed by atoms with Crippen LogP contribution < -0.4 is 0 Å². The molecule has 0 saturated carbocycles. The third-order valence-electron chi connectivity index (χ3n) is 6.66. The number of rotatable bonds is 6. The van der Waals surface area contributed by atoms with Gasteiger partial charge in [0.2, 0.25) is 0 Å². The van der Waals surface area contributed by atoms with E-state index in [1.165, 1.54) is 35.3 Å². The highest BCUT2D eigenvalue weighted by molar-refractivity contribution is 8.12. The second kappa shape index (κ2) is 14.8. The van der Waals surface area contributed by atoms with Gasteiger partial charge in [0.25, 0.3) is 0 Å². The zero-order chi connectivity index (χ0) is 24.2. The molecule has 0 N–H and O–H groups in total. The molecule has 0 aliphatic carbocycles. The van der Waals surface area contributed by atoms with Gasteiger partial charge in [-0.3, -0.25) is 0 Å². The van der Waals surface area contributed by atoms with Crippen LogP contribution in [-0.2, 0) is 0 Å². The first-order chi connectivity index (χ1) is 14.4. The van der Waals surface area contributed by atoms with Crippen LogP contribution in [0.15, 0.2) is 0 Å². The molecule has 0 heterocycles. The van der Waals surface area contributed by atoms with Crippen LogP contribution in [0.1, 0.15) is 83.1 Å². The van der Waals surface area contributed by atoms with Crippen LogP contribution in [0.3, 0.4) is 0 Å². The first-order valence-electron chi connectivity index (χ1n) is 11.4. The Hall–Kier alpha value is -0.276. The summed E-state index contributed by atoms with van der Waals surface area (Å²) >= 11 is 4.15. The van der Waals surface area contributed by atoms with E-state index in [1.807, 2.05) is 0 Å². The average Bonchev–Trinajstić information content (AvgIpc) is 2.63. The molecule has 0 saturated heterocycles. The van der Waals surface area contributed by atoms with Crippen molar-refractivity contribution in [3.8, 4) is 42.6 Å². The van der Waals surface area contributed by atoms with Crippen LogP contribution in [0.5, 0.6) is 0 Å². The largest absolute Gasteiger partial charge is 0.147 e. The van der Waals surface area contributed by atoms with Crippen molar-refractivity contribution in [3.63, 3.8) is 0 Å². The quantitative estimate of drug-likeness (QED) is 0.260. The minimum atomic E-state index is -1.66. The molecule has 0 nitrogen and oxygen atoms in total. The molecule has 0 bridgehead atoms. The Labute approximate surface area is 209 Å². The lowest BCUT2D eigenvalue weighted by Crippen LogP contribution is -2.43. The highest BCUT2D eigenvalue weighted by atomic mass is 32.2. The van der Waals surface area contributed by atoms with Crippen molar-refractivity contribution in [1.82, 2.24) is 0 Å². The molecular weight excluding hydrogens is 465 g/mol. The molecule has 0 unspecified atom stereocenters. The monoisotopic (exact) mass is 506 g/mol. The smallest absolute Gasteiger partial charge is 0.118 e. The molecule has 0 aliphatic rings. The van der Waals surface area contributed by atoms with E-state index < -0.39 is 16.1 Å². The zero-order valence-corrected chi connectivity index (χ0v) is 26.1. The second-order valence-electron chi connectivity index (χ2n) is 9.96. The standard InChI is InChI=1S/C26H42S3Si2/c1-21(2)30(22(3)4,23(5)6)19-17-28-15-13-27-14-16-29-18-20-31(24(7)8,25(9)10)26(11)12/h21-26H,1-12H3. The summed E-state index contributed by atoms with van der Waals surface area (Å²) in [6.45, 7) is 28.0. The Bertz CT molecular complexity index is 683. The van der Waals surface area contributed by atoms with Crippen LogP contribution in [0.25, 0.3) is 0 Å². The summed E-state index contributed by atoms with van der Waals surface area (Å²) in [6.07, 6.45) is 0. The zero-order valence-electron chi connectivity index (χ0n) is 21.7. The molecule has 0 aromatic carbocycles. The number of thioether (sulfide) groups is 3. The summed E-state index contributed by atoms with van der Waals surface area (Å²) in [7, 11) is -3.32. The van der Waals surface area contributed by atoms with E-state index in [1.54, 1.807) is 0 Å². The molecule has 0 aromatic heterocycles. The summed E-state index contributed by atoms with van der Waals surface area (Å²) in [5.41, 5.74) is 11.2. The van der Waals surface area contributed by atoms with Gasteiger partial charge in [0.15, 0.2) is 0 Å². The Morgan fingerprint density at radius 1 is 0.355 bits per heavy atom. The van der Waals surface area contributed by atoms with E-state index in [9.17, 15) is 0 Å². The van der Waals surface area contributed by atoms with Gasteiger partial charge in [0.05, 0.1) is 0 Å². The summed E-state index contributed by atoms with van der Waals surface area (Å²) < 4.78 is 0. The third kappa shape index (κ3) is 8.54. The van der Waals surface area contributed by atoms with Crippen molar-refractivity contribution < 1.29 is 0 Å². The predicted octanol–water partition coefficient (Wildman–Crippen LogP) is 9.38. The molecule has 0 amide bonds. The lowest BCUT2D eigenvalue weighted by atomic mass is 10.5. The van der Waals surface area contributed by atoms with Gasteiger partial charge >= 0.3 is 0 Å². The maximum atomic E-state index is 3.68. The van der Waals surface area contributed by atoms with Crippen molar-refractivity contribution >= 4 is 51.4 Å². The van der Waals surface area contributed by atoms with Crippen molar-refractivity contribution in [3.05, 3.63) is 0 Å². The van der Waals surface area contributed by atoms with Crippen LogP contribution in [0.2, 0.25) is 33.2 Å². The molecule has 0 rings (SSSR count). The van der Waals surface area contributed by atoms with E-state index in [2.05, 4.69) is 126 Å². The average molecular weight is 507 g/mol. The second-order valence-corrected chi connectivity index (χ2v) is 23.0. The third-order valence-corrected chi connectivity index (χ3v) is 21.1. The lowest BCUT2D eigenvalue weighted by molar-refractivity contribution is 0.838. The van der Waals surface area contributed by atoms with Gasteiger partial charge in [-0.1, -0.05) is 83.1 Å². The fraction of sp³-hybridized carbons (Fsp3) is 0.692. The fourth-order valence-corrected chi connectivity index (χ4v) is 17.6. The minimum absolute atomic E-state index is 0.649. The van der Waals surface area contributed by atoms with Crippen molar-refractivity contribution in [2.75, 3.05) is 0 Å². The Morgan fingerprint density at radius 2 is 0.548 bits per heavy atom. The van der Waals surface area contributed by atoms with Crippen LogP contribution >= 0.6 is 35.3 Å². The van der Waals surface area contributed by atoms with E-state index in [0.717, 1.165) is 0 Å². The molecule has 0 aliphatic heterocycles. The van der Waals surface area contributed by atoms with Crippen molar-refractivity contribution in [1.29, 1.82) is 0 Å². The topological polar surface area (TPSA) is 0 Å². The number of hydrogen-bond donors (Lipinski definition) is 0. The molecule has 0 atom stereocenters. The van der Waals surface area contributed by atoms with Crippen LogP contribution in [-0.4, -0.2) is 16.1 Å². The van der Waals surface area contributed by atoms with E-state index in [0.29, 0.717) is 33.2 Å². The van der Waals surface area contributed by atoms with Crippen molar-refractivity contribution in [2.45, 2.75) is 116 Å². The maximum absolute atomic E-state index is 3.68. The molecule has 0 spiro atoms. The van der Waals surface area contributed by atoms with Gasteiger partial charge in [0.1, 0.15) is 16.1 Å². The Balaban J connectivity index is 4.97. The van der Waals surface area contributed by atoms with Crippen LogP contribution in [0, 0.1) is 42.6 Å². The van der Waals surface area contributed by atoms with Gasteiger partial charge in [-0.15, -0.1) is 11.1 Å². The SMILES string of the molecule is CC(C)[Si](C#CSC#CSC#CSC#C[Si](C(C)C)(C(C)C)C(C)C)(C(C)C)C(C)C. The van der Waals surface area contributed by atoms with Gasteiger partial charge < -0.3 is 0 Å². The molecule has 0 aromatic rings. The van der Waals surface area contributed by atoms with Gasteiger partial charge in [-0.25, -0.2) is 0 Å². The molecule has 172 valence electrons. The van der Waals surface area contributed by atoms with Gasteiger partial charge in [-0.2, -0.15) is 0 Å². The van der Waals surface area contributed by atoms with Crippen LogP contribution in [0.4, 0.5) is 0 Å². The normalized spacial score (nSPS) is 11.7. The predicted molar refractivity (Wildman–Crippen MR) is 156 cm³/mol. The van der Waals surface area contributed by atoms with Crippen molar-refractivity contribution in [2.24, 2.45) is 0 Å². The summed E-state index contributed by atoms with van der Waals surface area (Å²) in [5.74, 6) is 0. The summed E-state index contributed by atoms with van der Waals surface area (Å²) in [4.78, 5) is 0. The lowest BCUT2D eigenvalue weighted by Gasteiger charge is -2.37. The molecule has 31 heavy (non-hydrogen) atoms. The fourth-order valence-electron chi connectivity index (χ4n) is 5.25. The van der Waals surface area contributed by atoms with Gasteiger partial charge in [-0.05, 0) is 64.8 Å². The summed E-state index contributed by atoms with van der Waals surface area (Å²) in [5, 5.41) is 18.8. The first kappa shape index (κ1) is 30.7. The molecular formula is C26H42S3Si2. The van der Waals surface area contributed by atoms with E-state index in [-0.39, 0.29) is 0 Å². The first-order valence-corrected chi connectivity index (χ1v) is 18.3. The minimum Gasteiger partial charge on any atom is -0.118 e. The molecule has 5 heteroatoms. The van der Waals surface area contributed by atoms with E-state index >= 15 is 0 Å². The molecule has 0 fully saturated rings. The maximum Gasteiger partial charge on any atom is 0.147 e. The molecule has 0 radical (unpaired) electrons. The highest BCUT2D eigenvalue weighted by Crippen LogP contribution is 2.41.